The molecule has 3 aromatic rings. The van der Waals surface area contributed by atoms with Gasteiger partial charge in [-0.3, -0.25) is 5.43 Å². The summed E-state index contributed by atoms with van der Waals surface area (Å²) >= 11 is 12.2. The summed E-state index contributed by atoms with van der Waals surface area (Å²) in [4.78, 5) is 6.75. The number of pyridine rings is 1. The first-order valence-corrected chi connectivity index (χ1v) is 10.7. The molecule has 30 heavy (non-hydrogen) atoms. The van der Waals surface area contributed by atoms with Gasteiger partial charge in [-0.1, -0.05) is 23.2 Å². The first-order chi connectivity index (χ1) is 14.5. The van der Waals surface area contributed by atoms with Crippen LogP contribution in [0.2, 0.25) is 10.0 Å². The van der Waals surface area contributed by atoms with Crippen molar-refractivity contribution in [2.24, 2.45) is 5.10 Å². The van der Waals surface area contributed by atoms with E-state index in [1.807, 2.05) is 6.07 Å². The molecule has 0 amide bonds. The second-order valence-corrected chi connectivity index (χ2v) is 8.46. The van der Waals surface area contributed by atoms with Crippen LogP contribution in [0.3, 0.4) is 0 Å². The molecule has 3 heterocycles. The van der Waals surface area contributed by atoms with Gasteiger partial charge < -0.3 is 15.1 Å². The number of aromatic hydroxyl groups is 2. The Balaban J connectivity index is 1.45. The molecule has 0 bridgehead atoms. The predicted molar refractivity (Wildman–Crippen MR) is 122 cm³/mol. The quantitative estimate of drug-likeness (QED) is 0.388. The summed E-state index contributed by atoms with van der Waals surface area (Å²) in [7, 11) is 0. The summed E-state index contributed by atoms with van der Waals surface area (Å²) in [5.74, 6) is 0.602. The van der Waals surface area contributed by atoms with Crippen LogP contribution < -0.4 is 10.3 Å². The van der Waals surface area contributed by atoms with Crippen molar-refractivity contribution in [2.75, 3.05) is 23.4 Å². The summed E-state index contributed by atoms with van der Waals surface area (Å²) in [6, 6.07) is 6.97. The van der Waals surface area contributed by atoms with Gasteiger partial charge in [-0.25, -0.2) is 4.98 Å². The van der Waals surface area contributed by atoms with Gasteiger partial charge in [0.2, 0.25) is 0 Å². The third kappa shape index (κ3) is 3.20. The Morgan fingerprint density at radius 2 is 1.83 bits per heavy atom. The first kappa shape index (κ1) is 19.3. The molecule has 3 N–H and O–H groups in total. The van der Waals surface area contributed by atoms with Crippen LogP contribution in [0.1, 0.15) is 29.5 Å². The molecule has 0 saturated carbocycles. The Labute approximate surface area is 183 Å². The number of fused-ring (bicyclic) bond motifs is 1. The number of rotatable bonds is 3. The van der Waals surface area contributed by atoms with Gasteiger partial charge in [0.05, 0.1) is 16.3 Å². The lowest BCUT2D eigenvalue weighted by atomic mass is 9.89. The van der Waals surface area contributed by atoms with E-state index >= 15 is 0 Å². The van der Waals surface area contributed by atoms with Crippen LogP contribution in [0.15, 0.2) is 29.4 Å². The van der Waals surface area contributed by atoms with Crippen LogP contribution >= 0.6 is 23.2 Å². The van der Waals surface area contributed by atoms with E-state index in [9.17, 15) is 10.2 Å². The number of aryl methyl sites for hydroxylation is 1. The van der Waals surface area contributed by atoms with E-state index < -0.39 is 0 Å². The van der Waals surface area contributed by atoms with Crippen molar-refractivity contribution in [1.82, 2.24) is 4.98 Å². The van der Waals surface area contributed by atoms with E-state index in [-0.39, 0.29) is 10.8 Å². The Morgan fingerprint density at radius 3 is 2.67 bits per heavy atom. The van der Waals surface area contributed by atoms with Crippen LogP contribution in [-0.2, 0) is 12.8 Å². The van der Waals surface area contributed by atoms with Crippen molar-refractivity contribution >= 4 is 51.8 Å². The van der Waals surface area contributed by atoms with E-state index in [4.69, 9.17) is 23.2 Å². The topological polar surface area (TPSA) is 81.0 Å². The lowest BCUT2D eigenvalue weighted by Crippen LogP contribution is -2.34. The molecule has 2 aliphatic heterocycles. The molecular formula is C22H20Cl2N4O2. The molecule has 2 aromatic carbocycles. The number of anilines is 2. The zero-order valence-electron chi connectivity index (χ0n) is 16.1. The van der Waals surface area contributed by atoms with Gasteiger partial charge >= 0.3 is 0 Å². The summed E-state index contributed by atoms with van der Waals surface area (Å²) in [6.07, 6.45) is 5.68. The highest BCUT2D eigenvalue weighted by molar-refractivity contribution is 6.39. The summed E-state index contributed by atoms with van der Waals surface area (Å²) < 4.78 is 0. The second-order valence-electron chi connectivity index (χ2n) is 7.65. The lowest BCUT2D eigenvalue weighted by molar-refractivity contribution is 0.461. The van der Waals surface area contributed by atoms with Crippen molar-refractivity contribution in [2.45, 2.75) is 25.7 Å². The number of phenolic OH excluding ortho intramolecular Hbond substituents is 2. The summed E-state index contributed by atoms with van der Waals surface area (Å²) in [5, 5.41) is 26.4. The van der Waals surface area contributed by atoms with Gasteiger partial charge in [-0.05, 0) is 55.5 Å². The van der Waals surface area contributed by atoms with E-state index in [0.717, 1.165) is 44.3 Å². The molecule has 154 valence electrons. The van der Waals surface area contributed by atoms with Gasteiger partial charge in [-0.2, -0.15) is 5.10 Å². The molecule has 1 aromatic heterocycles. The predicted octanol–water partition coefficient (Wildman–Crippen LogP) is 5.10. The highest BCUT2D eigenvalue weighted by Crippen LogP contribution is 2.41. The first-order valence-electron chi connectivity index (χ1n) is 9.92. The highest BCUT2D eigenvalue weighted by Gasteiger charge is 2.27. The number of nitrogens with one attached hydrogen (secondary N) is 1. The van der Waals surface area contributed by atoms with Gasteiger partial charge in [0.1, 0.15) is 17.1 Å². The molecule has 0 radical (unpaired) electrons. The lowest BCUT2D eigenvalue weighted by Gasteiger charge is -2.37. The fourth-order valence-corrected chi connectivity index (χ4v) is 4.92. The molecule has 0 spiro atoms. The third-order valence-electron chi connectivity index (χ3n) is 5.76. The van der Waals surface area contributed by atoms with Gasteiger partial charge in [0.25, 0.3) is 0 Å². The fourth-order valence-electron chi connectivity index (χ4n) is 4.40. The number of hydrogen-bond donors (Lipinski definition) is 3. The van der Waals surface area contributed by atoms with Crippen molar-refractivity contribution < 1.29 is 10.2 Å². The van der Waals surface area contributed by atoms with Crippen LogP contribution in [0, 0.1) is 0 Å². The minimum atomic E-state index is -0.125. The Hall–Kier alpha value is -2.70. The zero-order chi connectivity index (χ0) is 20.8. The minimum absolute atomic E-state index is 0.125. The maximum Gasteiger partial charge on any atom is 0.160 e. The minimum Gasteiger partial charge on any atom is -0.507 e. The maximum atomic E-state index is 10.8. The number of phenols is 2. The van der Waals surface area contributed by atoms with E-state index in [0.29, 0.717) is 33.1 Å². The molecule has 0 aliphatic carbocycles. The third-order valence-corrected chi connectivity index (χ3v) is 6.36. The molecule has 6 nitrogen and oxygen atoms in total. The Bertz CT molecular complexity index is 1190. The van der Waals surface area contributed by atoms with E-state index in [2.05, 4.69) is 20.4 Å². The molecule has 5 rings (SSSR count). The molecular weight excluding hydrogens is 423 g/mol. The van der Waals surface area contributed by atoms with Gasteiger partial charge in [0.15, 0.2) is 5.75 Å². The van der Waals surface area contributed by atoms with Crippen molar-refractivity contribution in [3.63, 3.8) is 0 Å². The van der Waals surface area contributed by atoms with Crippen molar-refractivity contribution in [3.05, 3.63) is 51.0 Å². The van der Waals surface area contributed by atoms with Gasteiger partial charge in [-0.15, -0.1) is 0 Å². The fraction of sp³-hybridized carbons (Fsp3) is 0.273. The molecule has 0 fully saturated rings. The number of hydrogen-bond acceptors (Lipinski definition) is 6. The summed E-state index contributed by atoms with van der Waals surface area (Å²) in [6.45, 7) is 2.12. The largest absolute Gasteiger partial charge is 0.507 e. The van der Waals surface area contributed by atoms with Crippen molar-refractivity contribution in [3.8, 4) is 11.5 Å². The molecule has 0 atom stereocenters. The standard InChI is InChI=1S/C22H20Cl2N4O2/c23-16-10-17(24)22(30)19-14(16)5-6-18(26-19)27-25-11-13-9-12-3-1-7-28-8-2-4-15(20(12)28)21(13)29/h5-6,9-11,29-30H,1-4,7-8H2,(H,26,27)/b25-11+. The van der Waals surface area contributed by atoms with Crippen LogP contribution in [0.4, 0.5) is 11.5 Å². The monoisotopic (exact) mass is 442 g/mol. The molecule has 0 saturated heterocycles. The van der Waals surface area contributed by atoms with E-state index in [1.165, 1.54) is 17.3 Å². The Kier molecular flexibility index (Phi) is 4.83. The second kappa shape index (κ2) is 7.52. The summed E-state index contributed by atoms with van der Waals surface area (Å²) in [5.41, 5.74) is 7.36. The number of nitrogens with zero attached hydrogens (tertiary/aromatic N) is 3. The van der Waals surface area contributed by atoms with Crippen molar-refractivity contribution in [1.29, 1.82) is 0 Å². The smallest absolute Gasteiger partial charge is 0.160 e. The zero-order valence-corrected chi connectivity index (χ0v) is 17.6. The molecule has 8 heteroatoms. The van der Waals surface area contributed by atoms with Crippen LogP contribution in [-0.4, -0.2) is 34.5 Å². The highest BCUT2D eigenvalue weighted by atomic mass is 35.5. The number of hydrazone groups is 1. The SMILES string of the molecule is Oc1c(/C=N/Nc2ccc3c(Cl)cc(Cl)c(O)c3n2)cc2c3c1CCCN3CCC2. The van der Waals surface area contributed by atoms with Crippen LogP contribution in [0.5, 0.6) is 11.5 Å². The number of benzene rings is 2. The average Bonchev–Trinajstić information content (AvgIpc) is 2.75. The molecule has 2 aliphatic rings. The molecule has 0 unspecified atom stereocenters. The average molecular weight is 443 g/mol. The van der Waals surface area contributed by atoms with Crippen LogP contribution in [0.25, 0.3) is 10.9 Å². The normalized spacial score (nSPS) is 15.6. The number of aromatic nitrogens is 1. The number of halogens is 2. The Morgan fingerprint density at radius 1 is 1.03 bits per heavy atom. The maximum absolute atomic E-state index is 10.8. The van der Waals surface area contributed by atoms with Gasteiger partial charge in [0, 0.05) is 35.3 Å². The van der Waals surface area contributed by atoms with E-state index in [1.54, 1.807) is 18.3 Å².